The van der Waals surface area contributed by atoms with Crippen molar-refractivity contribution in [1.82, 2.24) is 0 Å². The lowest BCUT2D eigenvalue weighted by atomic mass is 9.84. The van der Waals surface area contributed by atoms with Crippen molar-refractivity contribution in [2.24, 2.45) is 0 Å². The fourth-order valence-corrected chi connectivity index (χ4v) is 3.37. The van der Waals surface area contributed by atoms with Crippen LogP contribution in [0.4, 0.5) is 0 Å². The highest BCUT2D eigenvalue weighted by molar-refractivity contribution is 5.76. The van der Waals surface area contributed by atoms with Gasteiger partial charge >= 0.3 is 5.97 Å². The van der Waals surface area contributed by atoms with Crippen LogP contribution in [0.2, 0.25) is 0 Å². The van der Waals surface area contributed by atoms with Crippen LogP contribution < -0.4 is 4.74 Å². The number of allylic oxidation sites excluding steroid dienone is 1. The van der Waals surface area contributed by atoms with Crippen molar-refractivity contribution in [1.29, 1.82) is 0 Å². The van der Waals surface area contributed by atoms with Gasteiger partial charge in [0.2, 0.25) is 0 Å². The summed E-state index contributed by atoms with van der Waals surface area (Å²) in [5, 5.41) is 8.97. The Labute approximate surface area is 139 Å². The van der Waals surface area contributed by atoms with Crippen LogP contribution in [0.25, 0.3) is 5.57 Å². The molecule has 0 saturated carbocycles. The molecule has 0 amide bonds. The van der Waals surface area contributed by atoms with E-state index in [9.17, 15) is 4.79 Å². The third kappa shape index (κ3) is 4.15. The fourth-order valence-electron chi connectivity index (χ4n) is 3.37. The Bertz CT molecular complexity index is 611. The molecule has 0 spiro atoms. The SMILES string of the molecule is CCCCCc1ccc2c(c1)OC(C)(C)C(CCC(=O)O)=C2C. The van der Waals surface area contributed by atoms with Crippen LogP contribution in [0.15, 0.2) is 23.8 Å². The maximum atomic E-state index is 10.9. The molecular formula is C20H28O3. The molecule has 2 rings (SSSR count). The number of aryl methyl sites for hydroxylation is 1. The van der Waals surface area contributed by atoms with Gasteiger partial charge in [0.05, 0.1) is 0 Å². The Morgan fingerprint density at radius 1 is 1.22 bits per heavy atom. The van der Waals surface area contributed by atoms with Crippen molar-refractivity contribution in [3.8, 4) is 5.75 Å². The van der Waals surface area contributed by atoms with Crippen LogP contribution in [-0.2, 0) is 11.2 Å². The van der Waals surface area contributed by atoms with E-state index in [-0.39, 0.29) is 6.42 Å². The molecule has 126 valence electrons. The number of carboxylic acids is 1. The molecule has 0 radical (unpaired) electrons. The summed E-state index contributed by atoms with van der Waals surface area (Å²) < 4.78 is 6.23. The Balaban J connectivity index is 2.28. The van der Waals surface area contributed by atoms with Crippen molar-refractivity contribution >= 4 is 11.5 Å². The molecule has 1 aliphatic heterocycles. The summed E-state index contributed by atoms with van der Waals surface area (Å²) in [7, 11) is 0. The monoisotopic (exact) mass is 316 g/mol. The summed E-state index contributed by atoms with van der Waals surface area (Å²) in [6.45, 7) is 8.35. The second kappa shape index (κ2) is 7.20. The van der Waals surface area contributed by atoms with Crippen molar-refractivity contribution in [2.45, 2.75) is 71.8 Å². The Morgan fingerprint density at radius 3 is 2.61 bits per heavy atom. The van der Waals surface area contributed by atoms with Gasteiger partial charge in [-0.05, 0) is 62.8 Å². The van der Waals surface area contributed by atoms with E-state index in [1.807, 2.05) is 13.8 Å². The van der Waals surface area contributed by atoms with Crippen molar-refractivity contribution < 1.29 is 14.6 Å². The quantitative estimate of drug-likeness (QED) is 0.701. The minimum absolute atomic E-state index is 0.143. The van der Waals surface area contributed by atoms with Crippen LogP contribution in [0, 0.1) is 0 Å². The molecule has 0 bridgehead atoms. The van der Waals surface area contributed by atoms with Crippen molar-refractivity contribution in [2.75, 3.05) is 0 Å². The van der Waals surface area contributed by atoms with E-state index < -0.39 is 11.6 Å². The van der Waals surface area contributed by atoms with Crippen LogP contribution in [-0.4, -0.2) is 16.7 Å². The van der Waals surface area contributed by atoms with Gasteiger partial charge in [-0.2, -0.15) is 0 Å². The molecule has 0 fully saturated rings. The van der Waals surface area contributed by atoms with Gasteiger partial charge in [0.25, 0.3) is 0 Å². The van der Waals surface area contributed by atoms with E-state index in [0.29, 0.717) is 6.42 Å². The average molecular weight is 316 g/mol. The predicted octanol–water partition coefficient (Wildman–Crippen LogP) is 5.23. The number of hydrogen-bond acceptors (Lipinski definition) is 2. The molecule has 0 atom stereocenters. The topological polar surface area (TPSA) is 46.5 Å². The van der Waals surface area contributed by atoms with Gasteiger partial charge in [0.15, 0.2) is 0 Å². The Kier molecular flexibility index (Phi) is 5.51. The maximum absolute atomic E-state index is 10.9. The molecule has 3 heteroatoms. The van der Waals surface area contributed by atoms with Gasteiger partial charge in [-0.25, -0.2) is 0 Å². The number of fused-ring (bicyclic) bond motifs is 1. The van der Waals surface area contributed by atoms with Gasteiger partial charge in [0, 0.05) is 12.0 Å². The number of benzene rings is 1. The standard InChI is InChI=1S/C20H28O3/c1-5-6-7-8-15-9-10-16-14(2)17(11-12-19(21)22)20(3,4)23-18(16)13-15/h9-10,13H,5-8,11-12H2,1-4H3,(H,21,22). The number of carbonyl (C=O) groups is 1. The molecule has 1 aliphatic rings. The van der Waals surface area contributed by atoms with E-state index in [0.717, 1.165) is 28.9 Å². The zero-order valence-electron chi connectivity index (χ0n) is 14.7. The highest BCUT2D eigenvalue weighted by Gasteiger charge is 2.33. The van der Waals surface area contributed by atoms with Crippen molar-refractivity contribution in [3.05, 3.63) is 34.9 Å². The predicted molar refractivity (Wildman–Crippen MR) is 93.8 cm³/mol. The molecular weight excluding hydrogens is 288 g/mol. The molecule has 0 aliphatic carbocycles. The summed E-state index contributed by atoms with van der Waals surface area (Å²) in [6, 6.07) is 6.46. The first-order valence-corrected chi connectivity index (χ1v) is 8.59. The number of hydrogen-bond donors (Lipinski definition) is 1. The van der Waals surface area contributed by atoms with Crippen LogP contribution in [0.1, 0.15) is 70.9 Å². The van der Waals surface area contributed by atoms with Gasteiger partial charge in [-0.3, -0.25) is 4.79 Å². The minimum atomic E-state index is -0.766. The summed E-state index contributed by atoms with van der Waals surface area (Å²) in [5.41, 5.74) is 4.22. The highest BCUT2D eigenvalue weighted by atomic mass is 16.5. The largest absolute Gasteiger partial charge is 0.483 e. The first-order valence-electron chi connectivity index (χ1n) is 8.59. The molecule has 1 heterocycles. The molecule has 0 aromatic heterocycles. The second-order valence-electron chi connectivity index (χ2n) is 6.90. The number of carboxylic acid groups (broad SMARTS) is 1. The molecule has 0 saturated heterocycles. The summed E-state index contributed by atoms with van der Waals surface area (Å²) in [4.78, 5) is 10.9. The second-order valence-corrected chi connectivity index (χ2v) is 6.90. The first-order chi connectivity index (χ1) is 10.8. The van der Waals surface area contributed by atoms with E-state index in [4.69, 9.17) is 9.84 Å². The maximum Gasteiger partial charge on any atom is 0.303 e. The summed E-state index contributed by atoms with van der Waals surface area (Å²) >= 11 is 0. The van der Waals surface area contributed by atoms with Gasteiger partial charge in [-0.15, -0.1) is 0 Å². The average Bonchev–Trinajstić information content (AvgIpc) is 2.46. The van der Waals surface area contributed by atoms with Crippen LogP contribution in [0.3, 0.4) is 0 Å². The number of aliphatic carboxylic acids is 1. The third-order valence-corrected chi connectivity index (χ3v) is 4.65. The van der Waals surface area contributed by atoms with E-state index in [1.165, 1.54) is 24.8 Å². The fraction of sp³-hybridized carbons (Fsp3) is 0.550. The zero-order chi connectivity index (χ0) is 17.0. The van der Waals surface area contributed by atoms with Gasteiger partial charge in [0.1, 0.15) is 11.4 Å². The lowest BCUT2D eigenvalue weighted by Crippen LogP contribution is -2.34. The van der Waals surface area contributed by atoms with Crippen LogP contribution >= 0.6 is 0 Å². The summed E-state index contributed by atoms with van der Waals surface area (Å²) in [5.74, 6) is 0.166. The lowest BCUT2D eigenvalue weighted by Gasteiger charge is -2.36. The van der Waals surface area contributed by atoms with E-state index in [1.54, 1.807) is 0 Å². The first kappa shape index (κ1) is 17.6. The number of unbranched alkanes of at least 4 members (excludes halogenated alkanes) is 2. The normalized spacial score (nSPS) is 16.0. The van der Waals surface area contributed by atoms with E-state index in [2.05, 4.69) is 32.0 Å². The van der Waals surface area contributed by atoms with Gasteiger partial charge < -0.3 is 9.84 Å². The van der Waals surface area contributed by atoms with E-state index >= 15 is 0 Å². The van der Waals surface area contributed by atoms with Crippen LogP contribution in [0.5, 0.6) is 5.75 Å². The Hall–Kier alpha value is -1.77. The minimum Gasteiger partial charge on any atom is -0.483 e. The zero-order valence-corrected chi connectivity index (χ0v) is 14.7. The summed E-state index contributed by atoms with van der Waals surface area (Å²) in [6.07, 6.45) is 5.44. The third-order valence-electron chi connectivity index (χ3n) is 4.65. The lowest BCUT2D eigenvalue weighted by molar-refractivity contribution is -0.137. The van der Waals surface area contributed by atoms with Gasteiger partial charge in [-0.1, -0.05) is 31.9 Å². The molecule has 1 aromatic carbocycles. The molecule has 23 heavy (non-hydrogen) atoms. The molecule has 1 aromatic rings. The Morgan fingerprint density at radius 2 is 1.96 bits per heavy atom. The van der Waals surface area contributed by atoms with Crippen molar-refractivity contribution in [3.63, 3.8) is 0 Å². The molecule has 3 nitrogen and oxygen atoms in total. The molecule has 0 unspecified atom stereocenters. The number of rotatable bonds is 7. The molecule has 1 N–H and O–H groups in total. The highest BCUT2D eigenvalue weighted by Crippen LogP contribution is 2.42. The number of ether oxygens (including phenoxy) is 1. The smallest absolute Gasteiger partial charge is 0.303 e.